The van der Waals surface area contributed by atoms with E-state index in [4.69, 9.17) is 0 Å². The summed E-state index contributed by atoms with van der Waals surface area (Å²) in [5.41, 5.74) is 0.361. The lowest BCUT2D eigenvalue weighted by molar-refractivity contribution is -0.150. The monoisotopic (exact) mass is 250 g/mol. The number of methoxy groups -OCH3 is 1. The van der Waals surface area contributed by atoms with Crippen molar-refractivity contribution in [1.29, 1.82) is 0 Å². The summed E-state index contributed by atoms with van der Waals surface area (Å²) in [6.07, 6.45) is 0. The minimum atomic E-state index is -0.756. The van der Waals surface area contributed by atoms with Crippen LogP contribution in [0, 0.1) is 12.3 Å². The van der Waals surface area contributed by atoms with E-state index in [0.29, 0.717) is 5.69 Å². The zero-order chi connectivity index (χ0) is 13.8. The Balaban J connectivity index is 2.64. The van der Waals surface area contributed by atoms with E-state index in [1.807, 2.05) is 13.0 Å². The second-order valence-electron chi connectivity index (χ2n) is 4.72. The molecule has 0 aliphatic carbocycles. The van der Waals surface area contributed by atoms with Crippen molar-refractivity contribution in [2.75, 3.05) is 13.7 Å². The minimum Gasteiger partial charge on any atom is -0.469 e. The average molecular weight is 250 g/mol. The van der Waals surface area contributed by atoms with Crippen molar-refractivity contribution in [2.24, 2.45) is 5.41 Å². The molecule has 0 saturated heterocycles. The number of carbonyl (C=O) groups is 2. The van der Waals surface area contributed by atoms with E-state index in [9.17, 15) is 9.59 Å². The van der Waals surface area contributed by atoms with Gasteiger partial charge in [0.1, 0.15) is 5.69 Å². The van der Waals surface area contributed by atoms with Gasteiger partial charge in [0.05, 0.1) is 12.5 Å². The van der Waals surface area contributed by atoms with Gasteiger partial charge in [-0.25, -0.2) is 4.98 Å². The Hall–Kier alpha value is -1.91. The van der Waals surface area contributed by atoms with Gasteiger partial charge < -0.3 is 10.1 Å². The maximum Gasteiger partial charge on any atom is 0.313 e. The normalized spacial score (nSPS) is 10.9. The number of amides is 1. The van der Waals surface area contributed by atoms with Crippen LogP contribution in [0.4, 0.5) is 0 Å². The average Bonchev–Trinajstić information content (AvgIpc) is 2.35. The fraction of sp³-hybridized carbons (Fsp3) is 0.462. The second-order valence-corrected chi connectivity index (χ2v) is 4.72. The van der Waals surface area contributed by atoms with Gasteiger partial charge in [-0.3, -0.25) is 9.59 Å². The number of rotatable bonds is 4. The Labute approximate surface area is 107 Å². The summed E-state index contributed by atoms with van der Waals surface area (Å²) in [5, 5.41) is 2.68. The Morgan fingerprint density at radius 1 is 1.39 bits per heavy atom. The SMILES string of the molecule is COC(=O)C(C)(C)CNC(=O)c1cccc(C)n1. The zero-order valence-electron chi connectivity index (χ0n) is 11.1. The lowest BCUT2D eigenvalue weighted by atomic mass is 9.94. The van der Waals surface area contributed by atoms with Gasteiger partial charge in [-0.2, -0.15) is 0 Å². The highest BCUT2D eigenvalue weighted by Gasteiger charge is 2.29. The van der Waals surface area contributed by atoms with Crippen LogP contribution in [0.25, 0.3) is 0 Å². The van der Waals surface area contributed by atoms with Gasteiger partial charge in [-0.15, -0.1) is 0 Å². The molecule has 0 aromatic carbocycles. The van der Waals surface area contributed by atoms with Gasteiger partial charge in [0.25, 0.3) is 5.91 Å². The summed E-state index contributed by atoms with van der Waals surface area (Å²) >= 11 is 0. The van der Waals surface area contributed by atoms with Crippen molar-refractivity contribution >= 4 is 11.9 Å². The molecular formula is C13H18N2O3. The molecule has 0 radical (unpaired) electrons. The van der Waals surface area contributed by atoms with Crippen LogP contribution in [-0.4, -0.2) is 30.5 Å². The van der Waals surface area contributed by atoms with E-state index < -0.39 is 5.41 Å². The van der Waals surface area contributed by atoms with E-state index in [1.165, 1.54) is 7.11 Å². The second kappa shape index (κ2) is 5.62. The molecule has 0 bridgehead atoms. The number of aryl methyl sites for hydroxylation is 1. The number of nitrogens with one attached hydrogen (secondary N) is 1. The van der Waals surface area contributed by atoms with Crippen LogP contribution in [0.15, 0.2) is 18.2 Å². The number of aromatic nitrogens is 1. The number of nitrogens with zero attached hydrogens (tertiary/aromatic N) is 1. The topological polar surface area (TPSA) is 68.3 Å². The molecule has 1 aromatic heterocycles. The highest BCUT2D eigenvalue weighted by Crippen LogP contribution is 2.15. The van der Waals surface area contributed by atoms with E-state index in [2.05, 4.69) is 15.0 Å². The van der Waals surface area contributed by atoms with Crippen molar-refractivity contribution in [2.45, 2.75) is 20.8 Å². The highest BCUT2D eigenvalue weighted by molar-refractivity contribution is 5.92. The van der Waals surface area contributed by atoms with Crippen LogP contribution in [-0.2, 0) is 9.53 Å². The minimum absolute atomic E-state index is 0.203. The fourth-order valence-corrected chi connectivity index (χ4v) is 1.41. The lowest BCUT2D eigenvalue weighted by Crippen LogP contribution is -2.39. The number of ether oxygens (including phenoxy) is 1. The fourth-order valence-electron chi connectivity index (χ4n) is 1.41. The molecule has 0 saturated carbocycles. The standard InChI is InChI=1S/C13H18N2O3/c1-9-6-5-7-10(15-9)11(16)14-8-13(2,3)12(17)18-4/h5-7H,8H2,1-4H3,(H,14,16). The molecule has 5 heteroatoms. The molecule has 1 aromatic rings. The number of pyridine rings is 1. The van der Waals surface area contributed by atoms with E-state index in [1.54, 1.807) is 26.0 Å². The molecule has 0 spiro atoms. The van der Waals surface area contributed by atoms with Crippen LogP contribution >= 0.6 is 0 Å². The van der Waals surface area contributed by atoms with Crippen LogP contribution in [0.2, 0.25) is 0 Å². The molecule has 0 aliphatic rings. The van der Waals surface area contributed by atoms with Gasteiger partial charge in [-0.05, 0) is 32.9 Å². The van der Waals surface area contributed by atoms with Crippen LogP contribution in [0.5, 0.6) is 0 Å². The van der Waals surface area contributed by atoms with Crippen molar-refractivity contribution in [3.63, 3.8) is 0 Å². The Kier molecular flexibility index (Phi) is 4.42. The van der Waals surface area contributed by atoms with Gasteiger partial charge in [-0.1, -0.05) is 6.07 Å². The lowest BCUT2D eigenvalue weighted by Gasteiger charge is -2.21. The molecule has 1 rings (SSSR count). The van der Waals surface area contributed by atoms with Crippen LogP contribution in [0.1, 0.15) is 30.0 Å². The smallest absolute Gasteiger partial charge is 0.313 e. The van der Waals surface area contributed by atoms with Crippen molar-refractivity contribution < 1.29 is 14.3 Å². The largest absolute Gasteiger partial charge is 0.469 e. The first kappa shape index (κ1) is 14.2. The van der Waals surface area contributed by atoms with Crippen molar-refractivity contribution in [3.05, 3.63) is 29.6 Å². The maximum absolute atomic E-state index is 11.8. The predicted octanol–water partition coefficient (Wildman–Crippen LogP) is 1.32. The molecule has 1 amide bonds. The summed E-state index contributed by atoms with van der Waals surface area (Å²) in [6, 6.07) is 5.21. The summed E-state index contributed by atoms with van der Waals surface area (Å²) in [6.45, 7) is 5.44. The molecule has 0 fully saturated rings. The van der Waals surface area contributed by atoms with Gasteiger partial charge in [0.15, 0.2) is 0 Å². The Morgan fingerprint density at radius 3 is 2.61 bits per heavy atom. The predicted molar refractivity (Wildman–Crippen MR) is 67.1 cm³/mol. The van der Waals surface area contributed by atoms with Gasteiger partial charge in [0.2, 0.25) is 0 Å². The molecule has 5 nitrogen and oxygen atoms in total. The van der Waals surface area contributed by atoms with E-state index in [0.717, 1.165) is 5.69 Å². The third-order valence-electron chi connectivity index (χ3n) is 2.55. The highest BCUT2D eigenvalue weighted by atomic mass is 16.5. The first-order valence-electron chi connectivity index (χ1n) is 5.67. The zero-order valence-corrected chi connectivity index (χ0v) is 11.1. The Bertz CT molecular complexity index is 455. The molecule has 0 aliphatic heterocycles. The molecule has 18 heavy (non-hydrogen) atoms. The summed E-state index contributed by atoms with van der Waals surface area (Å²) < 4.78 is 4.67. The van der Waals surface area contributed by atoms with Crippen molar-refractivity contribution in [1.82, 2.24) is 10.3 Å². The molecule has 0 atom stereocenters. The molecule has 0 unspecified atom stereocenters. The molecular weight excluding hydrogens is 232 g/mol. The number of hydrogen-bond acceptors (Lipinski definition) is 4. The maximum atomic E-state index is 11.8. The van der Waals surface area contributed by atoms with Crippen LogP contribution < -0.4 is 5.32 Å². The molecule has 98 valence electrons. The quantitative estimate of drug-likeness (QED) is 0.818. The summed E-state index contributed by atoms with van der Waals surface area (Å²) in [4.78, 5) is 27.4. The first-order chi connectivity index (χ1) is 8.36. The first-order valence-corrected chi connectivity index (χ1v) is 5.67. The van der Waals surface area contributed by atoms with Crippen LogP contribution in [0.3, 0.4) is 0 Å². The summed E-state index contributed by atoms with van der Waals surface area (Å²) in [5.74, 6) is -0.657. The Morgan fingerprint density at radius 2 is 2.06 bits per heavy atom. The molecule has 1 heterocycles. The van der Waals surface area contributed by atoms with Gasteiger partial charge in [0, 0.05) is 12.2 Å². The number of carbonyl (C=O) groups excluding carboxylic acids is 2. The summed E-state index contributed by atoms with van der Waals surface area (Å²) in [7, 11) is 1.33. The molecule has 1 N–H and O–H groups in total. The van der Waals surface area contributed by atoms with E-state index >= 15 is 0 Å². The third kappa shape index (κ3) is 3.55. The van der Waals surface area contributed by atoms with Gasteiger partial charge >= 0.3 is 5.97 Å². The van der Waals surface area contributed by atoms with Crippen molar-refractivity contribution in [3.8, 4) is 0 Å². The third-order valence-corrected chi connectivity index (χ3v) is 2.55. The van der Waals surface area contributed by atoms with E-state index in [-0.39, 0.29) is 18.4 Å². The number of esters is 1. The number of hydrogen-bond donors (Lipinski definition) is 1.